The molecule has 2 aromatic heterocycles. The first-order valence-electron chi connectivity index (χ1n) is 9.24. The second-order valence-electron chi connectivity index (χ2n) is 7.19. The molecule has 3 heterocycles. The molecule has 142 valence electrons. The van der Waals surface area contributed by atoms with E-state index in [1.807, 2.05) is 35.0 Å². The van der Waals surface area contributed by atoms with Crippen molar-refractivity contribution < 1.29 is 4.79 Å². The van der Waals surface area contributed by atoms with Gasteiger partial charge in [-0.2, -0.15) is 0 Å². The van der Waals surface area contributed by atoms with Gasteiger partial charge >= 0.3 is 11.7 Å². The van der Waals surface area contributed by atoms with Crippen molar-refractivity contribution in [2.24, 2.45) is 0 Å². The van der Waals surface area contributed by atoms with Crippen molar-refractivity contribution in [3.63, 3.8) is 0 Å². The van der Waals surface area contributed by atoms with Gasteiger partial charge in [0.15, 0.2) is 5.13 Å². The molecule has 1 saturated heterocycles. The summed E-state index contributed by atoms with van der Waals surface area (Å²) >= 11 is 1.52. The fourth-order valence-electron chi connectivity index (χ4n) is 3.55. The number of hydrogen-bond acceptors (Lipinski definition) is 4. The van der Waals surface area contributed by atoms with Gasteiger partial charge in [-0.05, 0) is 30.9 Å². The molecule has 1 aliphatic heterocycles. The SMILES string of the molecule is CC(C)c1cnc(NC(=O)N2CCC(n3c(=O)[nH]c4ccccc43)CC2)s1. The number of nitrogens with one attached hydrogen (secondary N) is 2. The summed E-state index contributed by atoms with van der Waals surface area (Å²) in [6, 6.07) is 7.71. The number of nitrogens with zero attached hydrogens (tertiary/aromatic N) is 3. The first kappa shape index (κ1) is 17.8. The van der Waals surface area contributed by atoms with Crippen LogP contribution in [-0.2, 0) is 0 Å². The van der Waals surface area contributed by atoms with Crippen molar-refractivity contribution in [3.05, 3.63) is 45.8 Å². The Morgan fingerprint density at radius 2 is 2.04 bits per heavy atom. The third kappa shape index (κ3) is 3.49. The highest BCUT2D eigenvalue weighted by atomic mass is 32.1. The molecular weight excluding hydrogens is 362 g/mol. The smallest absolute Gasteiger partial charge is 0.324 e. The number of carbonyl (C=O) groups excluding carboxylic acids is 1. The normalized spacial score (nSPS) is 15.6. The minimum atomic E-state index is -0.121. The van der Waals surface area contributed by atoms with Crippen LogP contribution in [0.2, 0.25) is 0 Å². The molecular formula is C19H23N5O2S. The summed E-state index contributed by atoms with van der Waals surface area (Å²) in [6.07, 6.45) is 3.33. The first-order valence-corrected chi connectivity index (χ1v) is 10.1. The lowest BCUT2D eigenvalue weighted by molar-refractivity contribution is 0.184. The minimum Gasteiger partial charge on any atom is -0.324 e. The van der Waals surface area contributed by atoms with E-state index in [-0.39, 0.29) is 17.8 Å². The summed E-state index contributed by atoms with van der Waals surface area (Å²) in [5.41, 5.74) is 1.70. The molecule has 8 heteroatoms. The van der Waals surface area contributed by atoms with Gasteiger partial charge in [-0.1, -0.05) is 26.0 Å². The predicted octanol–water partition coefficient (Wildman–Crippen LogP) is 3.78. The number of piperidine rings is 1. The highest BCUT2D eigenvalue weighted by Gasteiger charge is 2.26. The van der Waals surface area contributed by atoms with Gasteiger partial charge < -0.3 is 9.88 Å². The Hall–Kier alpha value is -2.61. The Labute approximate surface area is 161 Å². The number of aromatic nitrogens is 3. The second kappa shape index (κ2) is 7.19. The molecule has 2 amide bonds. The van der Waals surface area contributed by atoms with Crippen LogP contribution in [0.1, 0.15) is 43.5 Å². The Bertz CT molecular complexity index is 1010. The number of imidazole rings is 1. The number of fused-ring (bicyclic) bond motifs is 1. The van der Waals surface area contributed by atoms with E-state index in [4.69, 9.17) is 0 Å². The van der Waals surface area contributed by atoms with Crippen LogP contribution in [0, 0.1) is 0 Å². The van der Waals surface area contributed by atoms with E-state index in [1.54, 1.807) is 4.90 Å². The van der Waals surface area contributed by atoms with Gasteiger partial charge in [-0.15, -0.1) is 11.3 Å². The zero-order chi connectivity index (χ0) is 19.0. The first-order chi connectivity index (χ1) is 13.0. The largest absolute Gasteiger partial charge is 0.326 e. The number of benzene rings is 1. The summed E-state index contributed by atoms with van der Waals surface area (Å²) < 4.78 is 1.83. The number of anilines is 1. The number of para-hydroxylation sites is 2. The highest BCUT2D eigenvalue weighted by molar-refractivity contribution is 7.15. The number of amides is 2. The number of urea groups is 1. The third-order valence-corrected chi connectivity index (χ3v) is 6.26. The van der Waals surface area contributed by atoms with Crippen LogP contribution < -0.4 is 11.0 Å². The van der Waals surface area contributed by atoms with Crippen LogP contribution >= 0.6 is 11.3 Å². The van der Waals surface area contributed by atoms with Gasteiger partial charge in [0.1, 0.15) is 0 Å². The molecule has 0 saturated carbocycles. The Balaban J connectivity index is 1.41. The summed E-state index contributed by atoms with van der Waals surface area (Å²) in [5.74, 6) is 0.401. The number of thiazole rings is 1. The lowest BCUT2D eigenvalue weighted by atomic mass is 10.0. The van der Waals surface area contributed by atoms with E-state index in [1.165, 1.54) is 11.3 Å². The lowest BCUT2D eigenvalue weighted by Gasteiger charge is -2.32. The van der Waals surface area contributed by atoms with Crippen LogP contribution in [0.5, 0.6) is 0 Å². The van der Waals surface area contributed by atoms with Gasteiger partial charge in [0.25, 0.3) is 0 Å². The van der Waals surface area contributed by atoms with Crippen molar-refractivity contribution in [3.8, 4) is 0 Å². The molecule has 1 aromatic carbocycles. The summed E-state index contributed by atoms with van der Waals surface area (Å²) in [6.45, 7) is 5.45. The average Bonchev–Trinajstić information content (AvgIpc) is 3.25. The molecule has 2 N–H and O–H groups in total. The fourth-order valence-corrected chi connectivity index (χ4v) is 4.35. The van der Waals surface area contributed by atoms with Crippen LogP contribution in [0.15, 0.2) is 35.3 Å². The van der Waals surface area contributed by atoms with Crippen LogP contribution in [0.25, 0.3) is 11.0 Å². The van der Waals surface area contributed by atoms with Gasteiger partial charge in [-0.25, -0.2) is 14.6 Å². The maximum Gasteiger partial charge on any atom is 0.326 e. The van der Waals surface area contributed by atoms with E-state index >= 15 is 0 Å². The molecule has 4 rings (SSSR count). The molecule has 3 aromatic rings. The summed E-state index contributed by atoms with van der Waals surface area (Å²) in [5, 5.41) is 3.53. The second-order valence-corrected chi connectivity index (χ2v) is 8.25. The zero-order valence-corrected chi connectivity index (χ0v) is 16.3. The van der Waals surface area contributed by atoms with Gasteiger partial charge in [0.2, 0.25) is 0 Å². The molecule has 1 fully saturated rings. The van der Waals surface area contributed by atoms with E-state index < -0.39 is 0 Å². The van der Waals surface area contributed by atoms with E-state index in [2.05, 4.69) is 29.1 Å². The van der Waals surface area contributed by atoms with Crippen molar-refractivity contribution in [1.82, 2.24) is 19.4 Å². The van der Waals surface area contributed by atoms with Crippen molar-refractivity contribution in [1.29, 1.82) is 0 Å². The van der Waals surface area contributed by atoms with E-state index in [0.29, 0.717) is 24.1 Å². The quantitative estimate of drug-likeness (QED) is 0.720. The number of carbonyl (C=O) groups is 1. The molecule has 0 atom stereocenters. The van der Waals surface area contributed by atoms with Crippen LogP contribution in [-0.4, -0.2) is 38.6 Å². The Morgan fingerprint density at radius 1 is 1.30 bits per heavy atom. The number of hydrogen-bond donors (Lipinski definition) is 2. The van der Waals surface area contributed by atoms with Crippen molar-refractivity contribution in [2.45, 2.75) is 38.6 Å². The summed E-state index contributed by atoms with van der Waals surface area (Å²) in [4.78, 5) is 35.0. The predicted molar refractivity (Wildman–Crippen MR) is 108 cm³/mol. The van der Waals surface area contributed by atoms with E-state index in [0.717, 1.165) is 28.8 Å². The maximum absolute atomic E-state index is 12.5. The maximum atomic E-state index is 12.5. The molecule has 0 spiro atoms. The molecule has 27 heavy (non-hydrogen) atoms. The van der Waals surface area contributed by atoms with Gasteiger partial charge in [0.05, 0.1) is 11.0 Å². The number of rotatable bonds is 3. The van der Waals surface area contributed by atoms with Crippen LogP contribution in [0.3, 0.4) is 0 Å². The van der Waals surface area contributed by atoms with E-state index in [9.17, 15) is 9.59 Å². The summed E-state index contributed by atoms with van der Waals surface area (Å²) in [7, 11) is 0. The average molecular weight is 385 g/mol. The number of aromatic amines is 1. The standard InChI is InChI=1S/C19H23N5O2S/c1-12(2)16-11-20-17(27-16)22-18(25)23-9-7-13(8-10-23)24-15-6-4-3-5-14(15)21-19(24)26/h3-6,11-13H,7-10H2,1-2H3,(H,21,26)(H,20,22,25). The Morgan fingerprint density at radius 3 is 2.74 bits per heavy atom. The molecule has 1 aliphatic rings. The molecule has 0 aliphatic carbocycles. The fraction of sp³-hybridized carbons (Fsp3) is 0.421. The monoisotopic (exact) mass is 385 g/mol. The van der Waals surface area contributed by atoms with Crippen molar-refractivity contribution >= 4 is 33.5 Å². The molecule has 7 nitrogen and oxygen atoms in total. The van der Waals surface area contributed by atoms with Gasteiger partial charge in [-0.3, -0.25) is 9.88 Å². The van der Waals surface area contributed by atoms with Gasteiger partial charge in [0, 0.05) is 30.2 Å². The topological polar surface area (TPSA) is 83.0 Å². The molecule has 0 unspecified atom stereocenters. The van der Waals surface area contributed by atoms with Crippen LogP contribution in [0.4, 0.5) is 9.93 Å². The zero-order valence-electron chi connectivity index (χ0n) is 15.4. The number of likely N-dealkylation sites (tertiary alicyclic amines) is 1. The lowest BCUT2D eigenvalue weighted by Crippen LogP contribution is -2.42. The molecule has 0 bridgehead atoms. The molecule has 0 radical (unpaired) electrons. The Kier molecular flexibility index (Phi) is 4.73. The third-order valence-electron chi connectivity index (χ3n) is 5.05. The number of H-pyrrole nitrogens is 1. The van der Waals surface area contributed by atoms with Crippen molar-refractivity contribution in [2.75, 3.05) is 18.4 Å². The minimum absolute atomic E-state index is 0.0805. The highest BCUT2D eigenvalue weighted by Crippen LogP contribution is 2.27.